The minimum absolute atomic E-state index is 0.169. The summed E-state index contributed by atoms with van der Waals surface area (Å²) in [6, 6.07) is 10.2. The molecule has 0 atom stereocenters. The minimum atomic E-state index is -0.654. The van der Waals surface area contributed by atoms with E-state index in [-0.39, 0.29) is 11.9 Å². The van der Waals surface area contributed by atoms with Crippen LogP contribution in [0.2, 0.25) is 0 Å². The van der Waals surface area contributed by atoms with Crippen molar-refractivity contribution in [2.24, 2.45) is 0 Å². The number of nitrogens with one attached hydrogen (secondary N) is 1. The highest BCUT2D eigenvalue weighted by atomic mass is 16.5. The summed E-state index contributed by atoms with van der Waals surface area (Å²) in [5, 5.41) is 10.3. The standard InChI is InChI=1S/C17H21N3O4/c1-3-13(11-23-12-14-7-5-4-6-8-14)9-10-18-17-20-19-15(24-17)16(21)22-2/h4-8,11H,3,9-10,12H2,1-2H3,(H,18,20)/b13-11+. The molecule has 1 aromatic heterocycles. The van der Waals surface area contributed by atoms with E-state index in [1.54, 1.807) is 6.26 Å². The molecule has 24 heavy (non-hydrogen) atoms. The van der Waals surface area contributed by atoms with Crippen molar-refractivity contribution >= 4 is 12.0 Å². The van der Waals surface area contributed by atoms with Crippen LogP contribution in [-0.2, 0) is 16.1 Å². The van der Waals surface area contributed by atoms with E-state index >= 15 is 0 Å². The Morgan fingerprint density at radius 2 is 2.08 bits per heavy atom. The molecule has 1 aromatic carbocycles. The highest BCUT2D eigenvalue weighted by molar-refractivity contribution is 5.83. The molecule has 0 amide bonds. The van der Waals surface area contributed by atoms with Gasteiger partial charge >= 0.3 is 17.9 Å². The van der Waals surface area contributed by atoms with Crippen LogP contribution >= 0.6 is 0 Å². The number of esters is 1. The highest BCUT2D eigenvalue weighted by Crippen LogP contribution is 2.11. The zero-order valence-corrected chi connectivity index (χ0v) is 13.8. The Labute approximate surface area is 140 Å². The molecule has 0 spiro atoms. The third-order valence-corrected chi connectivity index (χ3v) is 3.30. The first-order valence-corrected chi connectivity index (χ1v) is 7.72. The van der Waals surface area contributed by atoms with Crippen LogP contribution in [0.5, 0.6) is 0 Å². The second-order valence-corrected chi connectivity index (χ2v) is 5.01. The predicted molar refractivity (Wildman–Crippen MR) is 88.3 cm³/mol. The van der Waals surface area contributed by atoms with Crippen LogP contribution in [0.15, 0.2) is 46.6 Å². The Morgan fingerprint density at radius 3 is 2.79 bits per heavy atom. The fraction of sp³-hybridized carbons (Fsp3) is 0.353. The van der Waals surface area contributed by atoms with Crippen LogP contribution in [0, 0.1) is 0 Å². The highest BCUT2D eigenvalue weighted by Gasteiger charge is 2.14. The van der Waals surface area contributed by atoms with Crippen molar-refractivity contribution in [1.82, 2.24) is 10.2 Å². The summed E-state index contributed by atoms with van der Waals surface area (Å²) >= 11 is 0. The molecule has 0 fully saturated rings. The Morgan fingerprint density at radius 1 is 1.29 bits per heavy atom. The van der Waals surface area contributed by atoms with Crippen molar-refractivity contribution in [3.8, 4) is 0 Å². The average molecular weight is 331 g/mol. The van der Waals surface area contributed by atoms with Crippen LogP contribution in [0.3, 0.4) is 0 Å². The van der Waals surface area contributed by atoms with Crippen molar-refractivity contribution in [2.45, 2.75) is 26.4 Å². The van der Waals surface area contributed by atoms with Gasteiger partial charge in [-0.3, -0.25) is 0 Å². The normalized spacial score (nSPS) is 11.2. The first-order chi connectivity index (χ1) is 11.7. The van der Waals surface area contributed by atoms with Gasteiger partial charge in [0, 0.05) is 6.54 Å². The lowest BCUT2D eigenvalue weighted by Gasteiger charge is -2.07. The summed E-state index contributed by atoms with van der Waals surface area (Å²) in [6.45, 7) is 3.21. The van der Waals surface area contributed by atoms with E-state index in [1.165, 1.54) is 7.11 Å². The first-order valence-electron chi connectivity index (χ1n) is 7.72. The van der Waals surface area contributed by atoms with Gasteiger partial charge in [0.1, 0.15) is 6.61 Å². The number of aromatic nitrogens is 2. The van der Waals surface area contributed by atoms with E-state index in [2.05, 4.69) is 27.2 Å². The van der Waals surface area contributed by atoms with Crippen molar-refractivity contribution in [3.05, 3.63) is 53.6 Å². The van der Waals surface area contributed by atoms with E-state index in [0.29, 0.717) is 13.2 Å². The van der Waals surface area contributed by atoms with Crippen LogP contribution in [0.1, 0.15) is 36.0 Å². The number of rotatable bonds is 9. The number of methoxy groups -OCH3 is 1. The number of nitrogens with zero attached hydrogens (tertiary/aromatic N) is 2. The maximum absolute atomic E-state index is 11.2. The van der Waals surface area contributed by atoms with Gasteiger partial charge in [0.25, 0.3) is 0 Å². The zero-order valence-electron chi connectivity index (χ0n) is 13.8. The molecule has 2 rings (SSSR count). The maximum atomic E-state index is 11.2. The molecule has 0 aliphatic carbocycles. The van der Waals surface area contributed by atoms with Gasteiger partial charge in [-0.1, -0.05) is 47.5 Å². The quantitative estimate of drug-likeness (QED) is 0.558. The monoisotopic (exact) mass is 331 g/mol. The van der Waals surface area contributed by atoms with Gasteiger partial charge in [-0.15, -0.1) is 0 Å². The number of carbonyl (C=O) groups is 1. The molecule has 0 saturated carbocycles. The molecular formula is C17H21N3O4. The van der Waals surface area contributed by atoms with Crippen LogP contribution in [0.25, 0.3) is 0 Å². The predicted octanol–water partition coefficient (Wildman–Crippen LogP) is 3.17. The molecule has 0 aliphatic rings. The van der Waals surface area contributed by atoms with Gasteiger partial charge in [0.2, 0.25) is 0 Å². The third-order valence-electron chi connectivity index (χ3n) is 3.30. The molecule has 1 N–H and O–H groups in total. The van der Waals surface area contributed by atoms with E-state index < -0.39 is 5.97 Å². The minimum Gasteiger partial charge on any atom is -0.497 e. The van der Waals surface area contributed by atoms with Crippen molar-refractivity contribution < 1.29 is 18.7 Å². The van der Waals surface area contributed by atoms with Crippen LogP contribution < -0.4 is 5.32 Å². The van der Waals surface area contributed by atoms with E-state index in [1.807, 2.05) is 30.3 Å². The number of hydrogen-bond donors (Lipinski definition) is 1. The van der Waals surface area contributed by atoms with E-state index in [4.69, 9.17) is 9.15 Å². The lowest BCUT2D eigenvalue weighted by atomic mass is 10.1. The van der Waals surface area contributed by atoms with Gasteiger partial charge < -0.3 is 19.2 Å². The second-order valence-electron chi connectivity index (χ2n) is 5.01. The lowest BCUT2D eigenvalue weighted by molar-refractivity contribution is 0.0557. The fourth-order valence-electron chi connectivity index (χ4n) is 1.94. The van der Waals surface area contributed by atoms with Crippen molar-refractivity contribution in [1.29, 1.82) is 0 Å². The topological polar surface area (TPSA) is 86.5 Å². The number of carbonyl (C=O) groups excluding carboxylic acids is 1. The lowest BCUT2D eigenvalue weighted by Crippen LogP contribution is -2.03. The van der Waals surface area contributed by atoms with Gasteiger partial charge in [-0.05, 0) is 24.0 Å². The molecule has 0 aliphatic heterocycles. The van der Waals surface area contributed by atoms with Gasteiger partial charge in [0.05, 0.1) is 13.4 Å². The molecule has 1 heterocycles. The molecule has 128 valence electrons. The second kappa shape index (κ2) is 9.34. The summed E-state index contributed by atoms with van der Waals surface area (Å²) in [5.74, 6) is -0.823. The number of anilines is 1. The Bertz CT molecular complexity index is 667. The molecule has 7 nitrogen and oxygen atoms in total. The molecule has 0 saturated heterocycles. The van der Waals surface area contributed by atoms with E-state index in [0.717, 1.165) is 24.0 Å². The zero-order chi connectivity index (χ0) is 17.2. The fourth-order valence-corrected chi connectivity index (χ4v) is 1.94. The van der Waals surface area contributed by atoms with Gasteiger partial charge in [-0.25, -0.2) is 4.79 Å². The largest absolute Gasteiger partial charge is 0.497 e. The van der Waals surface area contributed by atoms with Crippen molar-refractivity contribution in [2.75, 3.05) is 19.0 Å². The summed E-state index contributed by atoms with van der Waals surface area (Å²) in [7, 11) is 1.26. The SMILES string of the molecule is CC/C(=C\OCc1ccccc1)CCNc1nnc(C(=O)OC)o1. The Kier molecular flexibility index (Phi) is 6.82. The summed E-state index contributed by atoms with van der Waals surface area (Å²) in [6.07, 6.45) is 3.44. The first kappa shape index (κ1) is 17.5. The Balaban J connectivity index is 1.75. The van der Waals surface area contributed by atoms with Crippen LogP contribution in [0.4, 0.5) is 6.01 Å². The molecule has 0 unspecified atom stereocenters. The summed E-state index contributed by atoms with van der Waals surface area (Å²) < 4.78 is 15.3. The third kappa shape index (κ3) is 5.42. The van der Waals surface area contributed by atoms with Crippen molar-refractivity contribution in [3.63, 3.8) is 0 Å². The summed E-state index contributed by atoms with van der Waals surface area (Å²) in [5.41, 5.74) is 2.29. The van der Waals surface area contributed by atoms with E-state index in [9.17, 15) is 4.79 Å². The molecule has 7 heteroatoms. The molecule has 0 bridgehead atoms. The number of benzene rings is 1. The number of ether oxygens (including phenoxy) is 2. The maximum Gasteiger partial charge on any atom is 0.396 e. The Hall–Kier alpha value is -2.83. The smallest absolute Gasteiger partial charge is 0.396 e. The van der Waals surface area contributed by atoms with Crippen LogP contribution in [-0.4, -0.2) is 29.8 Å². The molecule has 0 radical (unpaired) electrons. The molecule has 2 aromatic rings. The van der Waals surface area contributed by atoms with Gasteiger partial charge in [-0.2, -0.15) is 0 Å². The molecular weight excluding hydrogens is 310 g/mol. The summed E-state index contributed by atoms with van der Waals surface area (Å²) in [4.78, 5) is 11.2. The number of hydrogen-bond acceptors (Lipinski definition) is 7. The average Bonchev–Trinajstić information content (AvgIpc) is 3.09. The van der Waals surface area contributed by atoms with Gasteiger partial charge in [0.15, 0.2) is 0 Å².